The third kappa shape index (κ3) is 12.7. The minimum Gasteiger partial charge on any atom is -0.480 e. The molecule has 14 heteroatoms. The van der Waals surface area contributed by atoms with Gasteiger partial charge in [0.2, 0.25) is 23.6 Å². The molecule has 0 aromatic heterocycles. The highest BCUT2D eigenvalue weighted by Gasteiger charge is 2.31. The number of guanidine groups is 1. The molecular weight excluding hydrogens is 508 g/mol. The van der Waals surface area contributed by atoms with Crippen LogP contribution in [0.2, 0.25) is 0 Å². The van der Waals surface area contributed by atoms with Crippen molar-refractivity contribution in [2.45, 2.75) is 70.1 Å². The van der Waals surface area contributed by atoms with Crippen molar-refractivity contribution < 1.29 is 29.1 Å². The first-order valence-corrected chi connectivity index (χ1v) is 12.6. The molecule has 0 bridgehead atoms. The quantitative estimate of drug-likeness (QED) is 0.0611. The number of aliphatic imine (C=N–C) groups is 1. The Balaban J connectivity index is 3.08. The van der Waals surface area contributed by atoms with Crippen molar-refractivity contribution in [2.24, 2.45) is 33.8 Å². The van der Waals surface area contributed by atoms with Crippen molar-refractivity contribution >= 4 is 35.6 Å². The molecular formula is C25H40N8O6. The fourth-order valence-electron chi connectivity index (χ4n) is 3.49. The standard InChI is InChI=1S/C25H40N8O6/c1-14(2)20(27)23(37)32-16(9-6-12-30-25(28)29)21(35)31-17(10-11-19(26)34)22(36)33-18(24(38)39)13-15-7-4-3-5-8-15/h3-5,7-8,14,16-18,20H,6,9-13,27H2,1-2H3,(H2,26,34)(H,31,35)(H,32,37)(H,33,36)(H,38,39)(H4,28,29,30). The summed E-state index contributed by atoms with van der Waals surface area (Å²) in [6.07, 6.45) is -0.0349. The predicted octanol–water partition coefficient (Wildman–Crippen LogP) is -1.93. The van der Waals surface area contributed by atoms with Crippen molar-refractivity contribution in [2.75, 3.05) is 6.54 Å². The van der Waals surface area contributed by atoms with Gasteiger partial charge >= 0.3 is 5.97 Å². The minimum atomic E-state index is -1.31. The molecule has 0 aliphatic carbocycles. The van der Waals surface area contributed by atoms with E-state index >= 15 is 0 Å². The monoisotopic (exact) mass is 548 g/mol. The van der Waals surface area contributed by atoms with Gasteiger partial charge in [-0.05, 0) is 30.7 Å². The second-order valence-electron chi connectivity index (χ2n) is 9.44. The van der Waals surface area contributed by atoms with E-state index in [1.807, 2.05) is 0 Å². The summed E-state index contributed by atoms with van der Waals surface area (Å²) < 4.78 is 0. The Hall–Kier alpha value is -4.20. The molecule has 12 N–H and O–H groups in total. The molecule has 0 heterocycles. The second kappa shape index (κ2) is 16.6. The number of benzene rings is 1. The Morgan fingerprint density at radius 3 is 1.90 bits per heavy atom. The van der Waals surface area contributed by atoms with Crippen LogP contribution < -0.4 is 38.9 Å². The van der Waals surface area contributed by atoms with Gasteiger partial charge in [-0.25, -0.2) is 4.79 Å². The van der Waals surface area contributed by atoms with Gasteiger partial charge in [-0.2, -0.15) is 0 Å². The number of carbonyl (C=O) groups is 5. The molecule has 0 saturated heterocycles. The highest BCUT2D eigenvalue weighted by Crippen LogP contribution is 2.08. The molecule has 4 unspecified atom stereocenters. The van der Waals surface area contributed by atoms with Gasteiger partial charge in [-0.15, -0.1) is 0 Å². The molecule has 39 heavy (non-hydrogen) atoms. The normalized spacial score (nSPS) is 13.8. The van der Waals surface area contributed by atoms with Gasteiger partial charge < -0.3 is 44.0 Å². The van der Waals surface area contributed by atoms with E-state index in [4.69, 9.17) is 22.9 Å². The average molecular weight is 549 g/mol. The van der Waals surface area contributed by atoms with E-state index in [0.29, 0.717) is 12.0 Å². The maximum atomic E-state index is 13.2. The maximum Gasteiger partial charge on any atom is 0.326 e. The van der Waals surface area contributed by atoms with E-state index in [1.165, 1.54) is 0 Å². The van der Waals surface area contributed by atoms with Gasteiger partial charge in [-0.3, -0.25) is 24.2 Å². The smallest absolute Gasteiger partial charge is 0.326 e. The van der Waals surface area contributed by atoms with Crippen LogP contribution in [-0.2, 0) is 30.4 Å². The van der Waals surface area contributed by atoms with Crippen molar-refractivity contribution in [3.63, 3.8) is 0 Å². The highest BCUT2D eigenvalue weighted by molar-refractivity contribution is 5.94. The third-order valence-electron chi connectivity index (χ3n) is 5.81. The molecule has 1 aromatic carbocycles. The van der Waals surface area contributed by atoms with E-state index in [2.05, 4.69) is 20.9 Å². The lowest BCUT2D eigenvalue weighted by Gasteiger charge is -2.25. The maximum absolute atomic E-state index is 13.2. The molecule has 0 aliphatic heterocycles. The van der Waals surface area contributed by atoms with Crippen LogP contribution in [0.1, 0.15) is 45.1 Å². The summed E-state index contributed by atoms with van der Waals surface area (Å²) in [4.78, 5) is 66.0. The fraction of sp³-hybridized carbons (Fsp3) is 0.520. The highest BCUT2D eigenvalue weighted by atomic mass is 16.4. The molecule has 14 nitrogen and oxygen atoms in total. The second-order valence-corrected chi connectivity index (χ2v) is 9.44. The Labute approximate surface area is 227 Å². The lowest BCUT2D eigenvalue weighted by Crippen LogP contribution is -2.57. The number of nitrogens with two attached hydrogens (primary N) is 4. The summed E-state index contributed by atoms with van der Waals surface area (Å²) in [5, 5.41) is 17.2. The lowest BCUT2D eigenvalue weighted by atomic mass is 10.0. The van der Waals surface area contributed by atoms with Gasteiger partial charge in [0.05, 0.1) is 6.04 Å². The molecule has 216 valence electrons. The Bertz CT molecular complexity index is 1010. The van der Waals surface area contributed by atoms with Crippen LogP contribution >= 0.6 is 0 Å². The zero-order chi connectivity index (χ0) is 29.5. The summed E-state index contributed by atoms with van der Waals surface area (Å²) in [5.74, 6) is -4.46. The Kier molecular flexibility index (Phi) is 14.0. The van der Waals surface area contributed by atoms with Crippen LogP contribution in [0.3, 0.4) is 0 Å². The fourth-order valence-corrected chi connectivity index (χ4v) is 3.49. The van der Waals surface area contributed by atoms with E-state index in [0.717, 1.165) is 0 Å². The first kappa shape index (κ1) is 32.8. The van der Waals surface area contributed by atoms with E-state index in [-0.39, 0.29) is 44.1 Å². The van der Waals surface area contributed by atoms with E-state index in [9.17, 15) is 29.1 Å². The van der Waals surface area contributed by atoms with E-state index < -0.39 is 53.8 Å². The summed E-state index contributed by atoms with van der Waals surface area (Å²) in [6, 6.07) is 4.06. The summed E-state index contributed by atoms with van der Waals surface area (Å²) in [5.41, 5.74) is 22.5. The largest absolute Gasteiger partial charge is 0.480 e. The average Bonchev–Trinajstić information content (AvgIpc) is 2.87. The molecule has 4 amide bonds. The van der Waals surface area contributed by atoms with Gasteiger partial charge in [0, 0.05) is 19.4 Å². The Morgan fingerprint density at radius 2 is 1.38 bits per heavy atom. The first-order valence-electron chi connectivity index (χ1n) is 12.6. The minimum absolute atomic E-state index is 0.00500. The summed E-state index contributed by atoms with van der Waals surface area (Å²) in [7, 11) is 0. The predicted molar refractivity (Wildman–Crippen MR) is 145 cm³/mol. The van der Waals surface area contributed by atoms with Crippen molar-refractivity contribution in [3.8, 4) is 0 Å². The molecule has 1 aromatic rings. The van der Waals surface area contributed by atoms with Crippen molar-refractivity contribution in [3.05, 3.63) is 35.9 Å². The zero-order valence-corrected chi connectivity index (χ0v) is 22.3. The molecule has 0 fully saturated rings. The van der Waals surface area contributed by atoms with Crippen LogP contribution in [0.4, 0.5) is 0 Å². The number of aliphatic carboxylic acids is 1. The number of hydrogen-bond acceptors (Lipinski definition) is 7. The van der Waals surface area contributed by atoms with Gasteiger partial charge in [0.1, 0.15) is 18.1 Å². The topological polar surface area (TPSA) is 258 Å². The molecule has 0 aliphatic rings. The Morgan fingerprint density at radius 1 is 0.846 bits per heavy atom. The summed E-state index contributed by atoms with van der Waals surface area (Å²) >= 11 is 0. The number of primary amides is 1. The van der Waals surface area contributed by atoms with Crippen LogP contribution in [0.15, 0.2) is 35.3 Å². The third-order valence-corrected chi connectivity index (χ3v) is 5.81. The number of rotatable bonds is 17. The first-order chi connectivity index (χ1) is 18.3. The molecule has 0 saturated carbocycles. The number of carboxylic acids is 1. The molecule has 0 radical (unpaired) electrons. The van der Waals surface area contributed by atoms with E-state index in [1.54, 1.807) is 44.2 Å². The number of nitrogens with one attached hydrogen (secondary N) is 3. The van der Waals surface area contributed by atoms with Crippen LogP contribution in [0.25, 0.3) is 0 Å². The molecule has 0 spiro atoms. The number of carbonyl (C=O) groups excluding carboxylic acids is 4. The number of hydrogen-bond donors (Lipinski definition) is 8. The molecule has 1 rings (SSSR count). The lowest BCUT2D eigenvalue weighted by molar-refractivity contribution is -0.142. The van der Waals surface area contributed by atoms with Crippen LogP contribution in [0, 0.1) is 5.92 Å². The molecule has 4 atom stereocenters. The van der Waals surface area contributed by atoms with Gasteiger partial charge in [-0.1, -0.05) is 44.2 Å². The van der Waals surface area contributed by atoms with Crippen LogP contribution in [-0.4, -0.2) is 71.4 Å². The number of nitrogens with zero attached hydrogens (tertiary/aromatic N) is 1. The van der Waals surface area contributed by atoms with Gasteiger partial charge in [0.25, 0.3) is 0 Å². The van der Waals surface area contributed by atoms with Crippen LogP contribution in [0.5, 0.6) is 0 Å². The zero-order valence-electron chi connectivity index (χ0n) is 22.3. The van der Waals surface area contributed by atoms with Gasteiger partial charge in [0.15, 0.2) is 5.96 Å². The SMILES string of the molecule is CC(C)C(N)C(=O)NC(CCCN=C(N)N)C(=O)NC(CCC(N)=O)C(=O)NC(Cc1ccccc1)C(=O)O. The number of carboxylic acid groups (broad SMARTS) is 1. The number of amides is 4. The van der Waals surface area contributed by atoms with Crippen molar-refractivity contribution in [1.82, 2.24) is 16.0 Å². The summed E-state index contributed by atoms with van der Waals surface area (Å²) in [6.45, 7) is 3.68. The van der Waals surface area contributed by atoms with Crippen molar-refractivity contribution in [1.29, 1.82) is 0 Å².